The zero-order valence-electron chi connectivity index (χ0n) is 18.3. The molecule has 17 heteroatoms. The number of aromatic nitrogens is 5. The van der Waals surface area contributed by atoms with Crippen LogP contribution in [0.5, 0.6) is 0 Å². The van der Waals surface area contributed by atoms with E-state index in [1.54, 1.807) is 19.1 Å². The first-order valence-electron chi connectivity index (χ1n) is 9.16. The van der Waals surface area contributed by atoms with Gasteiger partial charge in [0.05, 0.1) is 6.61 Å². The lowest BCUT2D eigenvalue weighted by Crippen LogP contribution is -2.14. The van der Waals surface area contributed by atoms with E-state index in [9.17, 15) is 18.0 Å². The molecule has 0 atom stereocenters. The van der Waals surface area contributed by atoms with Crippen molar-refractivity contribution in [1.82, 2.24) is 30.7 Å². The Labute approximate surface area is 207 Å². The van der Waals surface area contributed by atoms with E-state index in [2.05, 4.69) is 30.6 Å². The minimum atomic E-state index is -4.54. The second-order valence-corrected chi connectivity index (χ2v) is 6.49. The summed E-state index contributed by atoms with van der Waals surface area (Å²) in [6.07, 6.45) is -1.78. The first-order valence-corrected chi connectivity index (χ1v) is 9.91. The van der Waals surface area contributed by atoms with Crippen LogP contribution in [0, 0.1) is 5.41 Å². The standard InChI is InChI=1S/C8H4ClF3N4.C6H6ClN3.C4H8O2.H4N2O/c9-5-2-1-4(3-13-5)6-14-7(16-15-6)8(10,11)12;7-5-2-1-4(3-10-5)6(8)9;1-3-6-4(2)5;1-2-3/h1-3H,(H,14,15,16);1-3H,(H3,8,9);3H2,1-2H3;2-3H,1H2. The van der Waals surface area contributed by atoms with Crippen molar-refractivity contribution in [1.29, 1.82) is 5.41 Å². The SMILES string of the molecule is CCOC(C)=O.FC(F)(F)c1nc(-c2ccc(Cl)nc2)n[nH]1.N=C(N)c1ccc(Cl)nc1.NNO. The molecule has 0 saturated heterocycles. The summed E-state index contributed by atoms with van der Waals surface area (Å²) in [6, 6.07) is 6.18. The molecule has 192 valence electrons. The van der Waals surface area contributed by atoms with Crippen molar-refractivity contribution in [2.45, 2.75) is 20.0 Å². The van der Waals surface area contributed by atoms with Gasteiger partial charge in [0.25, 0.3) is 0 Å². The smallest absolute Gasteiger partial charge is 0.451 e. The first-order chi connectivity index (χ1) is 16.3. The number of alkyl halides is 3. The number of carbonyl (C=O) groups excluding carboxylic acids is 1. The third kappa shape index (κ3) is 13.8. The normalized spacial score (nSPS) is 9.86. The summed E-state index contributed by atoms with van der Waals surface area (Å²) >= 11 is 11.0. The van der Waals surface area contributed by atoms with Gasteiger partial charge >= 0.3 is 12.1 Å². The number of hydrogen-bond acceptors (Lipinski definition) is 10. The topological polar surface area (TPSA) is 202 Å². The number of nitrogens with zero attached hydrogens (tertiary/aromatic N) is 4. The Kier molecular flexibility index (Phi) is 14.7. The van der Waals surface area contributed by atoms with Gasteiger partial charge in [-0.05, 0) is 31.2 Å². The van der Waals surface area contributed by atoms with E-state index < -0.39 is 12.0 Å². The van der Waals surface area contributed by atoms with Crippen molar-refractivity contribution < 1.29 is 27.9 Å². The van der Waals surface area contributed by atoms with E-state index in [1.807, 2.05) is 5.10 Å². The van der Waals surface area contributed by atoms with E-state index in [1.165, 1.54) is 37.0 Å². The molecule has 0 bridgehead atoms. The molecule has 8 N–H and O–H groups in total. The van der Waals surface area contributed by atoms with E-state index in [4.69, 9.17) is 39.6 Å². The van der Waals surface area contributed by atoms with Crippen LogP contribution in [-0.2, 0) is 15.7 Å². The molecule has 0 aliphatic carbocycles. The highest BCUT2D eigenvalue weighted by atomic mass is 35.5. The molecule has 0 radical (unpaired) electrons. The van der Waals surface area contributed by atoms with Crippen LogP contribution in [0.1, 0.15) is 25.2 Å². The summed E-state index contributed by atoms with van der Waals surface area (Å²) in [7, 11) is 0. The van der Waals surface area contributed by atoms with Crippen LogP contribution in [0.3, 0.4) is 0 Å². The fourth-order valence-electron chi connectivity index (χ4n) is 1.76. The average molecular weight is 540 g/mol. The molecule has 3 aromatic rings. The maximum Gasteiger partial charge on any atom is 0.451 e. The van der Waals surface area contributed by atoms with E-state index in [0.29, 0.717) is 22.9 Å². The monoisotopic (exact) mass is 539 g/mol. The highest BCUT2D eigenvalue weighted by Crippen LogP contribution is 2.27. The molecule has 12 nitrogen and oxygen atoms in total. The Hall–Kier alpha value is -3.37. The van der Waals surface area contributed by atoms with Gasteiger partial charge < -0.3 is 15.7 Å². The fourth-order valence-corrected chi connectivity index (χ4v) is 1.99. The fraction of sp³-hybridized carbons (Fsp3) is 0.222. The van der Waals surface area contributed by atoms with Crippen molar-refractivity contribution >= 4 is 35.0 Å². The van der Waals surface area contributed by atoms with E-state index in [-0.39, 0.29) is 22.8 Å². The lowest BCUT2D eigenvalue weighted by molar-refractivity contribution is -0.144. The Balaban J connectivity index is 0.000000520. The Morgan fingerprint density at radius 1 is 1.20 bits per heavy atom. The van der Waals surface area contributed by atoms with Crippen LogP contribution in [-0.4, -0.2) is 48.8 Å². The number of pyridine rings is 2. The predicted molar refractivity (Wildman–Crippen MR) is 121 cm³/mol. The molecule has 0 saturated carbocycles. The Morgan fingerprint density at radius 2 is 1.74 bits per heavy atom. The third-order valence-electron chi connectivity index (χ3n) is 3.13. The molecule has 0 spiro atoms. The van der Waals surface area contributed by atoms with Crippen molar-refractivity contribution in [3.63, 3.8) is 0 Å². The molecule has 0 aliphatic heterocycles. The van der Waals surface area contributed by atoms with Gasteiger partial charge in [-0.25, -0.2) is 20.8 Å². The number of aromatic amines is 1. The van der Waals surface area contributed by atoms with Gasteiger partial charge in [-0.2, -0.15) is 18.3 Å². The van der Waals surface area contributed by atoms with Crippen LogP contribution in [0.2, 0.25) is 10.3 Å². The molecule has 0 aliphatic rings. The minimum absolute atomic E-state index is 0.00386. The second-order valence-electron chi connectivity index (χ2n) is 5.71. The largest absolute Gasteiger partial charge is 0.466 e. The number of hydrogen-bond donors (Lipinski definition) is 6. The zero-order chi connectivity index (χ0) is 27.0. The summed E-state index contributed by atoms with van der Waals surface area (Å²) in [5.41, 5.74) is 7.36. The Morgan fingerprint density at radius 3 is 2.06 bits per heavy atom. The molecule has 0 unspecified atom stereocenters. The first kappa shape index (κ1) is 31.6. The second kappa shape index (κ2) is 16.3. The number of nitrogen functional groups attached to an aromatic ring is 1. The van der Waals surface area contributed by atoms with Crippen molar-refractivity contribution in [2.24, 2.45) is 11.6 Å². The number of esters is 1. The maximum absolute atomic E-state index is 12.2. The van der Waals surface area contributed by atoms with Crippen LogP contribution < -0.4 is 17.2 Å². The predicted octanol–water partition coefficient (Wildman–Crippen LogP) is 2.97. The van der Waals surface area contributed by atoms with Gasteiger partial charge in [0.15, 0.2) is 5.82 Å². The molecule has 35 heavy (non-hydrogen) atoms. The zero-order valence-corrected chi connectivity index (χ0v) is 19.8. The van der Waals surface area contributed by atoms with Gasteiger partial charge in [-0.1, -0.05) is 23.2 Å². The third-order valence-corrected chi connectivity index (χ3v) is 3.57. The van der Waals surface area contributed by atoms with Gasteiger partial charge in [0.1, 0.15) is 16.1 Å². The molecule has 3 aromatic heterocycles. The van der Waals surface area contributed by atoms with E-state index >= 15 is 0 Å². The average Bonchev–Trinajstić information content (AvgIpc) is 3.27. The number of carbonyl (C=O) groups is 1. The highest BCUT2D eigenvalue weighted by Gasteiger charge is 2.35. The van der Waals surface area contributed by atoms with Gasteiger partial charge in [-0.15, -0.1) is 5.59 Å². The van der Waals surface area contributed by atoms with Crippen LogP contribution in [0.4, 0.5) is 13.2 Å². The number of ether oxygens (including phenoxy) is 1. The summed E-state index contributed by atoms with van der Waals surface area (Å²) in [5, 5.41) is 20.0. The number of rotatable bonds is 3. The molecular formula is C18H22Cl2F3N9O3. The minimum Gasteiger partial charge on any atom is -0.466 e. The lowest BCUT2D eigenvalue weighted by atomic mass is 10.3. The number of H-pyrrole nitrogens is 1. The number of hydrazine groups is 1. The van der Waals surface area contributed by atoms with Gasteiger partial charge in [-0.3, -0.25) is 15.3 Å². The maximum atomic E-state index is 12.2. The summed E-state index contributed by atoms with van der Waals surface area (Å²) in [6.45, 7) is 3.65. The van der Waals surface area contributed by atoms with Gasteiger partial charge in [0, 0.05) is 30.4 Å². The van der Waals surface area contributed by atoms with E-state index in [0.717, 1.165) is 0 Å². The Bertz CT molecular complexity index is 1030. The summed E-state index contributed by atoms with van der Waals surface area (Å²) in [5.74, 6) is 2.73. The van der Waals surface area contributed by atoms with Gasteiger partial charge in [0.2, 0.25) is 5.82 Å². The number of halogens is 5. The highest BCUT2D eigenvalue weighted by molar-refractivity contribution is 6.29. The van der Waals surface area contributed by atoms with Crippen LogP contribution in [0.25, 0.3) is 11.4 Å². The molecule has 0 fully saturated rings. The molecular weight excluding hydrogens is 518 g/mol. The number of nitrogens with one attached hydrogen (secondary N) is 3. The summed E-state index contributed by atoms with van der Waals surface area (Å²) < 4.78 is 41.0. The number of amidine groups is 1. The lowest BCUT2D eigenvalue weighted by Gasteiger charge is -1.98. The number of nitrogens with two attached hydrogens (primary N) is 2. The van der Waals surface area contributed by atoms with Crippen LogP contribution >= 0.6 is 23.2 Å². The van der Waals surface area contributed by atoms with Crippen molar-refractivity contribution in [3.05, 3.63) is 58.4 Å². The van der Waals surface area contributed by atoms with Crippen molar-refractivity contribution in [2.75, 3.05) is 6.61 Å². The van der Waals surface area contributed by atoms with Crippen LogP contribution in [0.15, 0.2) is 36.7 Å². The quantitative estimate of drug-likeness (QED) is 0.0716. The van der Waals surface area contributed by atoms with Crippen molar-refractivity contribution in [3.8, 4) is 11.4 Å². The molecule has 0 amide bonds. The molecule has 0 aromatic carbocycles. The molecule has 3 rings (SSSR count). The summed E-state index contributed by atoms with van der Waals surface area (Å²) in [4.78, 5) is 20.6. The molecule has 3 heterocycles.